The minimum Gasteiger partial charge on any atom is -0.310 e. The van der Waals surface area contributed by atoms with E-state index in [1.165, 1.54) is 109 Å². The van der Waals surface area contributed by atoms with Crippen LogP contribution < -0.4 is 4.90 Å². The van der Waals surface area contributed by atoms with Crippen molar-refractivity contribution in [1.29, 1.82) is 0 Å². The van der Waals surface area contributed by atoms with Gasteiger partial charge in [0.15, 0.2) is 0 Å². The normalized spacial score (nSPS) is 14.7. The molecule has 2 nitrogen and oxygen atoms in total. The van der Waals surface area contributed by atoms with Gasteiger partial charge in [-0.2, -0.15) is 0 Å². The number of anilines is 3. The lowest BCUT2D eigenvalue weighted by atomic mass is 9.71. The van der Waals surface area contributed by atoms with Crippen molar-refractivity contribution in [2.45, 2.75) is 64.7 Å². The highest BCUT2D eigenvalue weighted by molar-refractivity contribution is 7.25. The number of thiophene rings is 1. The molecule has 0 amide bonds. The molecule has 0 bridgehead atoms. The predicted molar refractivity (Wildman–Crippen MR) is 262 cm³/mol. The Morgan fingerprint density at radius 3 is 1.67 bits per heavy atom. The number of fused-ring (bicyclic) bond motifs is 12. The first kappa shape index (κ1) is 36.4. The van der Waals surface area contributed by atoms with E-state index in [-0.39, 0.29) is 16.2 Å². The lowest BCUT2D eigenvalue weighted by Crippen LogP contribution is -2.27. The molecule has 2 aliphatic carbocycles. The van der Waals surface area contributed by atoms with Crippen LogP contribution in [-0.4, -0.2) is 4.57 Å². The molecule has 0 aliphatic heterocycles. The number of para-hydroxylation sites is 2. The topological polar surface area (TPSA) is 8.17 Å². The zero-order chi connectivity index (χ0) is 41.6. The van der Waals surface area contributed by atoms with E-state index >= 15 is 0 Å². The molecule has 0 saturated heterocycles. The number of benzene rings is 8. The zero-order valence-corrected chi connectivity index (χ0v) is 36.7. The number of rotatable bonds is 4. The van der Waals surface area contributed by atoms with Crippen LogP contribution in [0.5, 0.6) is 0 Å². The molecule has 0 spiro atoms. The van der Waals surface area contributed by atoms with E-state index in [0.29, 0.717) is 0 Å². The van der Waals surface area contributed by atoms with Gasteiger partial charge in [0, 0.05) is 58.8 Å². The average Bonchev–Trinajstić information content (AvgIpc) is 3.94. The maximum Gasteiger partial charge on any atom is 0.0556 e. The van der Waals surface area contributed by atoms with Gasteiger partial charge >= 0.3 is 0 Å². The van der Waals surface area contributed by atoms with Crippen LogP contribution in [0.25, 0.3) is 69.9 Å². The Bertz CT molecular complexity index is 3380. The second-order valence-electron chi connectivity index (χ2n) is 19.3. The maximum atomic E-state index is 2.67. The van der Waals surface area contributed by atoms with Gasteiger partial charge in [0.1, 0.15) is 0 Å². The van der Waals surface area contributed by atoms with Crippen LogP contribution in [0.4, 0.5) is 17.1 Å². The van der Waals surface area contributed by atoms with E-state index in [1.807, 2.05) is 11.3 Å². The van der Waals surface area contributed by atoms with Crippen molar-refractivity contribution in [3.8, 4) is 27.9 Å². The summed E-state index contributed by atoms with van der Waals surface area (Å²) in [4.78, 5) is 2.67. The minimum atomic E-state index is -0.283. The Hall–Kier alpha value is -6.42. The van der Waals surface area contributed by atoms with Gasteiger partial charge in [-0.3, -0.25) is 0 Å². The average molecular weight is 805 g/mol. The first-order valence-corrected chi connectivity index (χ1v) is 22.5. The Morgan fingerprint density at radius 1 is 0.475 bits per heavy atom. The Labute approximate surface area is 362 Å². The molecule has 2 aliphatic rings. The highest BCUT2D eigenvalue weighted by Gasteiger charge is 2.50. The van der Waals surface area contributed by atoms with Crippen LogP contribution in [0.3, 0.4) is 0 Å². The van der Waals surface area contributed by atoms with Gasteiger partial charge in [-0.05, 0) is 110 Å². The third kappa shape index (κ3) is 4.96. The molecule has 0 saturated carbocycles. The summed E-state index contributed by atoms with van der Waals surface area (Å²) >= 11 is 1.89. The van der Waals surface area contributed by atoms with E-state index in [2.05, 4.69) is 222 Å². The smallest absolute Gasteiger partial charge is 0.0556 e. The first-order chi connectivity index (χ1) is 29.4. The molecule has 0 fully saturated rings. The Kier molecular flexibility index (Phi) is 7.50. The van der Waals surface area contributed by atoms with E-state index in [9.17, 15) is 0 Å². The van der Waals surface area contributed by atoms with Crippen molar-refractivity contribution >= 4 is 70.4 Å². The van der Waals surface area contributed by atoms with Crippen LogP contribution in [-0.2, 0) is 16.2 Å². The fourth-order valence-corrected chi connectivity index (χ4v) is 12.6. The monoisotopic (exact) mass is 804 g/mol. The third-order valence-corrected chi connectivity index (χ3v) is 15.1. The van der Waals surface area contributed by atoms with Gasteiger partial charge in [-0.15, -0.1) is 11.3 Å². The molecule has 0 unspecified atom stereocenters. The van der Waals surface area contributed by atoms with Crippen LogP contribution in [0.15, 0.2) is 164 Å². The van der Waals surface area contributed by atoms with Gasteiger partial charge in [-0.25, -0.2) is 0 Å². The maximum absolute atomic E-state index is 2.67. The number of hydrogen-bond donors (Lipinski definition) is 0. The molecule has 3 heteroatoms. The molecule has 10 aromatic rings. The molecule has 296 valence electrons. The lowest BCUT2D eigenvalue weighted by Gasteiger charge is -2.39. The van der Waals surface area contributed by atoms with E-state index in [0.717, 1.165) is 5.69 Å². The number of aromatic nitrogens is 1. The lowest BCUT2D eigenvalue weighted by molar-refractivity contribution is 0.587. The van der Waals surface area contributed by atoms with Crippen molar-refractivity contribution in [2.75, 3.05) is 4.90 Å². The van der Waals surface area contributed by atoms with Gasteiger partial charge in [-0.1, -0.05) is 158 Å². The van der Waals surface area contributed by atoms with Gasteiger partial charge in [0.2, 0.25) is 0 Å². The van der Waals surface area contributed by atoms with E-state index in [1.54, 1.807) is 0 Å². The molecule has 2 aromatic heterocycles. The fourth-order valence-electron chi connectivity index (χ4n) is 11.4. The summed E-state index contributed by atoms with van der Waals surface area (Å²) in [6, 6.07) is 61.5. The molecule has 0 N–H and O–H groups in total. The van der Waals surface area contributed by atoms with Gasteiger partial charge < -0.3 is 9.47 Å². The molecule has 61 heavy (non-hydrogen) atoms. The summed E-state index contributed by atoms with van der Waals surface area (Å²) in [5.74, 6) is 0. The zero-order valence-electron chi connectivity index (χ0n) is 35.9. The summed E-state index contributed by atoms with van der Waals surface area (Å²) in [5.41, 5.74) is 19.2. The third-order valence-electron chi connectivity index (χ3n) is 14.0. The van der Waals surface area contributed by atoms with E-state index < -0.39 is 0 Å². The Morgan fingerprint density at radius 2 is 1.00 bits per heavy atom. The van der Waals surface area contributed by atoms with Gasteiger partial charge in [0.25, 0.3) is 0 Å². The van der Waals surface area contributed by atoms with Crippen LogP contribution >= 0.6 is 11.3 Å². The summed E-state index contributed by atoms with van der Waals surface area (Å²) in [5, 5.41) is 5.13. The van der Waals surface area contributed by atoms with Crippen LogP contribution in [0.1, 0.15) is 76.3 Å². The molecular weight excluding hydrogens is 757 g/mol. The molecule has 0 radical (unpaired) electrons. The molecule has 8 aromatic carbocycles. The highest BCUT2D eigenvalue weighted by Crippen LogP contribution is 2.66. The molecule has 2 heterocycles. The van der Waals surface area contributed by atoms with Gasteiger partial charge in [0.05, 0.1) is 16.7 Å². The molecule has 0 atom stereocenters. The highest BCUT2D eigenvalue weighted by atomic mass is 32.1. The SMILES string of the molecule is CC(C)(C)c1c2c(c(N(c3ccc4c(c3)sc3ccccc34)c3ccc4c(c3)c3ccccc3n4-c3ccccc3)c3c1-c1ccccc1C3(C)C)C(C)(C)c1ccccc1-2. The second-order valence-corrected chi connectivity index (χ2v) is 20.4. The standard InChI is InChI=1S/C58H48N2S/c1-56(2,3)52-50-41-23-11-15-25-44(41)57(4,5)53(50)55(54-51(52)42-24-12-16-26-45(42)58(54,6)7)59(37-29-31-40-39-22-14-18-28-48(39)61-49(40)34-37)36-30-32-47-43(33-36)38-21-13-17-27-46(38)60(47)35-19-9-8-10-20-35/h8-34H,1-7H3. The van der Waals surface area contributed by atoms with E-state index in [4.69, 9.17) is 0 Å². The summed E-state index contributed by atoms with van der Waals surface area (Å²) in [6.07, 6.45) is 0. The van der Waals surface area contributed by atoms with Crippen molar-refractivity contribution in [1.82, 2.24) is 4.57 Å². The summed E-state index contributed by atoms with van der Waals surface area (Å²) in [7, 11) is 0. The molecule has 12 rings (SSSR count). The number of nitrogens with zero attached hydrogens (tertiary/aromatic N) is 2. The van der Waals surface area contributed by atoms with Crippen molar-refractivity contribution in [3.63, 3.8) is 0 Å². The van der Waals surface area contributed by atoms with Crippen molar-refractivity contribution in [2.24, 2.45) is 0 Å². The fraction of sp³-hybridized carbons (Fsp3) is 0.172. The Balaban J connectivity index is 1.26. The van der Waals surface area contributed by atoms with Crippen LogP contribution in [0.2, 0.25) is 0 Å². The number of hydrogen-bond acceptors (Lipinski definition) is 2. The first-order valence-electron chi connectivity index (χ1n) is 21.7. The second kappa shape index (κ2) is 12.6. The largest absolute Gasteiger partial charge is 0.310 e. The quantitative estimate of drug-likeness (QED) is 0.172. The van der Waals surface area contributed by atoms with Crippen LogP contribution in [0, 0.1) is 0 Å². The summed E-state index contributed by atoms with van der Waals surface area (Å²) in [6.45, 7) is 17.2. The minimum absolute atomic E-state index is 0.132. The van der Waals surface area contributed by atoms with Crippen molar-refractivity contribution in [3.05, 3.63) is 192 Å². The van der Waals surface area contributed by atoms with Crippen molar-refractivity contribution < 1.29 is 0 Å². The predicted octanol–water partition coefficient (Wildman–Crippen LogP) is 16.5. The summed E-state index contributed by atoms with van der Waals surface area (Å²) < 4.78 is 5.05. The molecular formula is C58H48N2S.